The Hall–Kier alpha value is -1.91. The number of rotatable bonds is 2. The zero-order valence-corrected chi connectivity index (χ0v) is 7.77. The number of phenols is 1. The van der Waals surface area contributed by atoms with E-state index in [1.165, 1.54) is 19.9 Å². The zero-order valence-electron chi connectivity index (χ0n) is 7.77. The Morgan fingerprint density at radius 2 is 2.07 bits per heavy atom. The first-order valence-corrected chi connectivity index (χ1v) is 3.92. The van der Waals surface area contributed by atoms with E-state index in [0.717, 1.165) is 6.07 Å². The highest BCUT2D eigenvalue weighted by Crippen LogP contribution is 2.27. The van der Waals surface area contributed by atoms with E-state index in [-0.39, 0.29) is 17.0 Å². The molecule has 5 nitrogen and oxygen atoms in total. The molecule has 0 fully saturated rings. The van der Waals surface area contributed by atoms with Gasteiger partial charge in [-0.15, -0.1) is 0 Å². The number of phenolic OH excluding ortho intramolecular Hbond substituents is 1. The number of hydrogen-bond acceptors (Lipinski definition) is 4. The number of hydrogen-bond donors (Lipinski definition) is 1. The Morgan fingerprint density at radius 3 is 2.50 bits per heavy atom. The van der Waals surface area contributed by atoms with Crippen molar-refractivity contribution in [2.24, 2.45) is 0 Å². The van der Waals surface area contributed by atoms with E-state index in [1.807, 2.05) is 0 Å². The van der Waals surface area contributed by atoms with Crippen molar-refractivity contribution in [2.45, 2.75) is 13.8 Å². The molecule has 0 aliphatic rings. The lowest BCUT2D eigenvalue weighted by molar-refractivity contribution is -0.385. The fourth-order valence-electron chi connectivity index (χ4n) is 1.11. The standard InChI is InChI=1S/C9H9NO4/c1-5-3-8(10(13)14)7(6(2)11)4-9(5)12/h3-4,12H,1-2H3. The lowest BCUT2D eigenvalue weighted by atomic mass is 10.1. The van der Waals surface area contributed by atoms with Crippen molar-refractivity contribution in [1.29, 1.82) is 0 Å². The maximum absolute atomic E-state index is 11.0. The van der Waals surface area contributed by atoms with Crippen LogP contribution in [0.25, 0.3) is 0 Å². The first kappa shape index (κ1) is 10.2. The Balaban J connectivity index is 3.46. The number of aromatic hydroxyl groups is 1. The minimum Gasteiger partial charge on any atom is -0.508 e. The normalized spacial score (nSPS) is 9.86. The van der Waals surface area contributed by atoms with Gasteiger partial charge in [0, 0.05) is 6.07 Å². The van der Waals surface area contributed by atoms with E-state index in [9.17, 15) is 20.0 Å². The highest BCUT2D eigenvalue weighted by atomic mass is 16.6. The van der Waals surface area contributed by atoms with Gasteiger partial charge in [-0.05, 0) is 25.5 Å². The third-order valence-corrected chi connectivity index (χ3v) is 1.89. The van der Waals surface area contributed by atoms with Crippen molar-refractivity contribution >= 4 is 11.5 Å². The van der Waals surface area contributed by atoms with Gasteiger partial charge in [0.15, 0.2) is 5.78 Å². The Kier molecular flexibility index (Phi) is 2.51. The number of Topliss-reactive ketones (excluding diaryl/α,β-unsaturated/α-hetero) is 1. The SMILES string of the molecule is CC(=O)c1cc(O)c(C)cc1[N+](=O)[O-]. The summed E-state index contributed by atoms with van der Waals surface area (Å²) in [5.41, 5.74) is 0.0348. The van der Waals surface area contributed by atoms with Crippen LogP contribution in [0.3, 0.4) is 0 Å². The minimum absolute atomic E-state index is 0.0712. The molecule has 1 N–H and O–H groups in total. The van der Waals surface area contributed by atoms with Gasteiger partial charge in [-0.3, -0.25) is 14.9 Å². The molecular weight excluding hydrogens is 186 g/mol. The molecule has 0 aliphatic heterocycles. The summed E-state index contributed by atoms with van der Waals surface area (Å²) in [6, 6.07) is 2.31. The topological polar surface area (TPSA) is 80.4 Å². The van der Waals surface area contributed by atoms with Gasteiger partial charge in [-0.1, -0.05) is 0 Å². The van der Waals surface area contributed by atoms with Crippen LogP contribution in [0.2, 0.25) is 0 Å². The number of carbonyl (C=O) groups is 1. The predicted octanol–water partition coefficient (Wildman–Crippen LogP) is 1.81. The molecule has 1 aromatic rings. The minimum atomic E-state index is -0.636. The maximum Gasteiger partial charge on any atom is 0.280 e. The predicted molar refractivity (Wildman–Crippen MR) is 49.5 cm³/mol. The summed E-state index contributed by atoms with van der Waals surface area (Å²) >= 11 is 0. The van der Waals surface area contributed by atoms with Gasteiger partial charge in [-0.2, -0.15) is 0 Å². The van der Waals surface area contributed by atoms with Crippen LogP contribution in [-0.2, 0) is 0 Å². The summed E-state index contributed by atoms with van der Waals surface area (Å²) in [5, 5.41) is 19.8. The number of nitro benzene ring substituents is 1. The highest BCUT2D eigenvalue weighted by molar-refractivity contribution is 5.98. The molecule has 0 saturated heterocycles. The summed E-state index contributed by atoms with van der Waals surface area (Å²) < 4.78 is 0. The molecule has 5 heteroatoms. The van der Waals surface area contributed by atoms with Crippen LogP contribution in [0.1, 0.15) is 22.8 Å². The van der Waals surface area contributed by atoms with Crippen LogP contribution in [-0.4, -0.2) is 15.8 Å². The molecule has 0 saturated carbocycles. The van der Waals surface area contributed by atoms with Crippen molar-refractivity contribution in [1.82, 2.24) is 0 Å². The molecular formula is C9H9NO4. The van der Waals surface area contributed by atoms with Crippen molar-refractivity contribution in [2.75, 3.05) is 0 Å². The van der Waals surface area contributed by atoms with Gasteiger partial charge in [-0.25, -0.2) is 0 Å². The third kappa shape index (κ3) is 1.71. The summed E-state index contributed by atoms with van der Waals surface area (Å²) in [5.74, 6) is -0.548. The molecule has 0 radical (unpaired) electrons. The van der Waals surface area contributed by atoms with Gasteiger partial charge in [0.2, 0.25) is 0 Å². The van der Waals surface area contributed by atoms with E-state index in [0.29, 0.717) is 5.56 Å². The first-order valence-electron chi connectivity index (χ1n) is 3.92. The van der Waals surface area contributed by atoms with E-state index in [1.54, 1.807) is 0 Å². The molecule has 0 bridgehead atoms. The molecule has 0 spiro atoms. The maximum atomic E-state index is 11.0. The van der Waals surface area contributed by atoms with Gasteiger partial charge >= 0.3 is 0 Å². The molecule has 0 amide bonds. The number of benzene rings is 1. The quantitative estimate of drug-likeness (QED) is 0.443. The van der Waals surface area contributed by atoms with Crippen molar-refractivity contribution in [3.8, 4) is 5.75 Å². The number of nitrogens with zero attached hydrogens (tertiary/aromatic N) is 1. The average molecular weight is 195 g/mol. The first-order chi connectivity index (χ1) is 6.43. The zero-order chi connectivity index (χ0) is 10.9. The molecule has 1 aromatic carbocycles. The second-order valence-corrected chi connectivity index (χ2v) is 2.97. The summed E-state index contributed by atoms with van der Waals surface area (Å²) in [7, 11) is 0. The average Bonchev–Trinajstić information content (AvgIpc) is 2.08. The molecule has 1 rings (SSSR count). The number of aryl methyl sites for hydroxylation is 1. The molecule has 0 heterocycles. The highest BCUT2D eigenvalue weighted by Gasteiger charge is 2.19. The summed E-state index contributed by atoms with van der Waals surface area (Å²) in [6.45, 7) is 2.75. The molecule has 0 atom stereocenters. The number of ketones is 1. The van der Waals surface area contributed by atoms with E-state index < -0.39 is 10.7 Å². The van der Waals surface area contributed by atoms with E-state index in [2.05, 4.69) is 0 Å². The van der Waals surface area contributed by atoms with Gasteiger partial charge in [0.05, 0.1) is 10.5 Å². The lowest BCUT2D eigenvalue weighted by Gasteiger charge is -2.02. The Morgan fingerprint density at radius 1 is 1.50 bits per heavy atom. The van der Waals surface area contributed by atoms with Crippen molar-refractivity contribution in [3.05, 3.63) is 33.4 Å². The summed E-state index contributed by atoms with van der Waals surface area (Å²) in [6.07, 6.45) is 0. The van der Waals surface area contributed by atoms with Crippen LogP contribution < -0.4 is 0 Å². The smallest absolute Gasteiger partial charge is 0.280 e. The molecule has 74 valence electrons. The number of carbonyl (C=O) groups excluding carboxylic acids is 1. The lowest BCUT2D eigenvalue weighted by Crippen LogP contribution is -2.00. The van der Waals surface area contributed by atoms with Crippen molar-refractivity contribution < 1.29 is 14.8 Å². The fourth-order valence-corrected chi connectivity index (χ4v) is 1.11. The third-order valence-electron chi connectivity index (χ3n) is 1.89. The van der Waals surface area contributed by atoms with Crippen LogP contribution in [0.15, 0.2) is 12.1 Å². The fraction of sp³-hybridized carbons (Fsp3) is 0.222. The van der Waals surface area contributed by atoms with Gasteiger partial charge in [0.25, 0.3) is 5.69 Å². The monoisotopic (exact) mass is 195 g/mol. The largest absolute Gasteiger partial charge is 0.508 e. The number of nitro groups is 1. The second-order valence-electron chi connectivity index (χ2n) is 2.97. The molecule has 0 unspecified atom stereocenters. The second kappa shape index (κ2) is 3.45. The van der Waals surface area contributed by atoms with Gasteiger partial charge in [0.1, 0.15) is 5.75 Å². The molecule has 14 heavy (non-hydrogen) atoms. The van der Waals surface area contributed by atoms with E-state index >= 15 is 0 Å². The van der Waals surface area contributed by atoms with E-state index in [4.69, 9.17) is 0 Å². The Bertz CT molecular complexity index is 373. The van der Waals surface area contributed by atoms with Crippen molar-refractivity contribution in [3.63, 3.8) is 0 Å². The van der Waals surface area contributed by atoms with Crippen LogP contribution in [0.4, 0.5) is 5.69 Å². The summed E-state index contributed by atoms with van der Waals surface area (Å²) in [4.78, 5) is 20.9. The van der Waals surface area contributed by atoms with Crippen LogP contribution in [0, 0.1) is 17.0 Å². The Labute approximate surface area is 80.1 Å². The molecule has 0 aliphatic carbocycles. The van der Waals surface area contributed by atoms with Crippen LogP contribution >= 0.6 is 0 Å². The van der Waals surface area contributed by atoms with Crippen LogP contribution in [0.5, 0.6) is 5.75 Å². The van der Waals surface area contributed by atoms with Gasteiger partial charge < -0.3 is 5.11 Å². The molecule has 0 aromatic heterocycles.